The number of carbonyl (C=O) groups excluding carboxylic acids is 2. The number of benzene rings is 1. The number of carbonyl (C=O) groups is 2. The second-order valence-electron chi connectivity index (χ2n) is 9.63. The van der Waals surface area contributed by atoms with Crippen molar-refractivity contribution in [3.63, 3.8) is 0 Å². The van der Waals surface area contributed by atoms with Gasteiger partial charge in [-0.05, 0) is 50.7 Å². The Labute approximate surface area is 203 Å². The van der Waals surface area contributed by atoms with Crippen LogP contribution < -0.4 is 4.74 Å². The summed E-state index contributed by atoms with van der Waals surface area (Å²) in [5.41, 5.74) is 1.11. The predicted octanol–water partition coefficient (Wildman–Crippen LogP) is 4.68. The minimum absolute atomic E-state index is 0.0216. The van der Waals surface area contributed by atoms with Gasteiger partial charge in [0.05, 0.1) is 17.9 Å². The maximum Gasteiger partial charge on any atom is 0.274 e. The molecule has 1 aromatic heterocycles. The number of rotatable bonds is 3. The Kier molecular flexibility index (Phi) is 8.25. The fourth-order valence-electron chi connectivity index (χ4n) is 5.26. The monoisotopic (exact) mass is 466 g/mol. The molecule has 7 heteroatoms. The zero-order valence-corrected chi connectivity index (χ0v) is 20.6. The molecule has 1 aliphatic heterocycles. The van der Waals surface area contributed by atoms with Crippen LogP contribution in [0.4, 0.5) is 0 Å². The quantitative estimate of drug-likeness (QED) is 0.659. The maximum absolute atomic E-state index is 13.6. The average Bonchev–Trinajstić information content (AvgIpc) is 3.29. The van der Waals surface area contributed by atoms with Crippen LogP contribution in [0.25, 0.3) is 0 Å². The van der Waals surface area contributed by atoms with Gasteiger partial charge in [0.15, 0.2) is 0 Å². The first-order chi connectivity index (χ1) is 16.6. The van der Waals surface area contributed by atoms with Crippen molar-refractivity contribution in [3.8, 4) is 5.75 Å². The lowest BCUT2D eigenvalue weighted by Crippen LogP contribution is -2.51. The van der Waals surface area contributed by atoms with Gasteiger partial charge in [-0.25, -0.2) is 4.98 Å². The van der Waals surface area contributed by atoms with E-state index >= 15 is 0 Å². The van der Waals surface area contributed by atoms with Gasteiger partial charge in [0, 0.05) is 32.9 Å². The van der Waals surface area contributed by atoms with Crippen LogP contribution in [0.2, 0.25) is 0 Å². The summed E-state index contributed by atoms with van der Waals surface area (Å²) in [4.78, 5) is 35.4. The Hall–Kier alpha value is -2.83. The third-order valence-electron chi connectivity index (χ3n) is 7.01. The van der Waals surface area contributed by atoms with Gasteiger partial charge in [-0.3, -0.25) is 9.59 Å². The molecule has 2 atom stereocenters. The van der Waals surface area contributed by atoms with Crippen molar-refractivity contribution < 1.29 is 14.3 Å². The van der Waals surface area contributed by atoms with E-state index in [0.29, 0.717) is 23.6 Å². The van der Waals surface area contributed by atoms with Crippen molar-refractivity contribution in [1.82, 2.24) is 19.4 Å². The molecule has 2 amide bonds. The lowest BCUT2D eigenvalue weighted by atomic mass is 9.90. The molecule has 34 heavy (non-hydrogen) atoms. The highest BCUT2D eigenvalue weighted by molar-refractivity contribution is 5.97. The number of fused-ring (bicyclic) bond motifs is 2. The van der Waals surface area contributed by atoms with Gasteiger partial charge in [-0.1, -0.05) is 38.3 Å². The Bertz CT molecular complexity index is 972. The van der Waals surface area contributed by atoms with E-state index in [-0.39, 0.29) is 24.0 Å². The molecule has 184 valence electrons. The van der Waals surface area contributed by atoms with Gasteiger partial charge >= 0.3 is 0 Å². The van der Waals surface area contributed by atoms with Gasteiger partial charge in [-0.2, -0.15) is 0 Å². The fourth-order valence-corrected chi connectivity index (χ4v) is 5.26. The first-order valence-electron chi connectivity index (χ1n) is 12.9. The van der Waals surface area contributed by atoms with Crippen LogP contribution in [0, 0.1) is 0 Å². The molecule has 0 bridgehead atoms. The number of hydrogen-bond donors (Lipinski definition) is 0. The molecule has 0 unspecified atom stereocenters. The number of imidazole rings is 1. The smallest absolute Gasteiger partial charge is 0.274 e. The predicted molar refractivity (Wildman–Crippen MR) is 132 cm³/mol. The normalized spacial score (nSPS) is 22.4. The number of nitrogens with zero attached hydrogens (tertiary/aromatic N) is 4. The molecule has 1 saturated carbocycles. The number of para-hydroxylation sites is 1. The summed E-state index contributed by atoms with van der Waals surface area (Å²) in [6, 6.07) is 7.58. The van der Waals surface area contributed by atoms with E-state index in [1.807, 2.05) is 45.7 Å². The maximum atomic E-state index is 13.6. The highest BCUT2D eigenvalue weighted by Crippen LogP contribution is 2.31. The van der Waals surface area contributed by atoms with Crippen LogP contribution in [0.3, 0.4) is 0 Å². The topological polar surface area (TPSA) is 67.7 Å². The van der Waals surface area contributed by atoms with Crippen LogP contribution >= 0.6 is 0 Å². The van der Waals surface area contributed by atoms with E-state index < -0.39 is 0 Å². The van der Waals surface area contributed by atoms with Crippen molar-refractivity contribution in [2.24, 2.45) is 7.05 Å². The van der Waals surface area contributed by atoms with Crippen molar-refractivity contribution in [3.05, 3.63) is 48.0 Å². The zero-order valence-electron chi connectivity index (χ0n) is 20.6. The highest BCUT2D eigenvalue weighted by Gasteiger charge is 2.36. The molecule has 4 rings (SSSR count). The van der Waals surface area contributed by atoms with E-state index in [9.17, 15) is 9.59 Å². The van der Waals surface area contributed by atoms with Crippen LogP contribution in [0.1, 0.15) is 85.6 Å². The van der Waals surface area contributed by atoms with Crippen molar-refractivity contribution in [2.75, 3.05) is 19.6 Å². The Morgan fingerprint density at radius 3 is 2.59 bits per heavy atom. The largest absolute Gasteiger partial charge is 0.487 e. The SMILES string of the molecule is CCCN1CCCCCCN(C(=O)c2cn(C)cn2)[C@@H]2CCCC[C@@H]2Oc2ccccc2C1=O. The summed E-state index contributed by atoms with van der Waals surface area (Å²) in [5, 5.41) is 0. The number of aryl methyl sites for hydroxylation is 1. The number of aromatic nitrogens is 2. The van der Waals surface area contributed by atoms with Crippen molar-refractivity contribution in [2.45, 2.75) is 76.9 Å². The van der Waals surface area contributed by atoms with Crippen molar-refractivity contribution in [1.29, 1.82) is 0 Å². The molecule has 2 aromatic rings. The lowest BCUT2D eigenvalue weighted by molar-refractivity contribution is 0.0263. The minimum Gasteiger partial charge on any atom is -0.487 e. The van der Waals surface area contributed by atoms with Gasteiger partial charge in [0.25, 0.3) is 11.8 Å². The number of ether oxygens (including phenoxy) is 1. The molecule has 0 spiro atoms. The highest BCUT2D eigenvalue weighted by atomic mass is 16.5. The van der Waals surface area contributed by atoms with Crippen LogP contribution in [-0.2, 0) is 7.05 Å². The number of hydrogen-bond acceptors (Lipinski definition) is 4. The third kappa shape index (κ3) is 5.62. The lowest BCUT2D eigenvalue weighted by Gasteiger charge is -2.40. The number of amides is 2. The molecule has 1 fully saturated rings. The van der Waals surface area contributed by atoms with Gasteiger partial charge < -0.3 is 19.1 Å². The molecule has 0 radical (unpaired) electrons. The second kappa shape index (κ2) is 11.5. The van der Waals surface area contributed by atoms with Crippen LogP contribution in [-0.4, -0.2) is 62.9 Å². The summed E-state index contributed by atoms with van der Waals surface area (Å²) >= 11 is 0. The average molecular weight is 467 g/mol. The molecule has 2 heterocycles. The van der Waals surface area contributed by atoms with E-state index in [2.05, 4.69) is 11.9 Å². The molecule has 0 saturated heterocycles. The molecule has 1 aromatic carbocycles. The van der Waals surface area contributed by atoms with Gasteiger partial charge in [0.1, 0.15) is 17.5 Å². The fraction of sp³-hybridized carbons (Fsp3) is 0.593. The first kappa shape index (κ1) is 24.3. The summed E-state index contributed by atoms with van der Waals surface area (Å²) in [7, 11) is 1.88. The summed E-state index contributed by atoms with van der Waals surface area (Å²) in [5.74, 6) is 0.655. The Morgan fingerprint density at radius 1 is 1.06 bits per heavy atom. The van der Waals surface area contributed by atoms with Crippen molar-refractivity contribution >= 4 is 11.8 Å². The molecule has 1 aliphatic carbocycles. The van der Waals surface area contributed by atoms with Crippen LogP contribution in [0.15, 0.2) is 36.8 Å². The van der Waals surface area contributed by atoms with E-state index in [1.54, 1.807) is 12.5 Å². The van der Waals surface area contributed by atoms with E-state index in [0.717, 1.165) is 70.9 Å². The second-order valence-corrected chi connectivity index (χ2v) is 9.63. The molecular formula is C27H38N4O3. The Balaban J connectivity index is 1.66. The standard InChI is InChI=1S/C27H38N4O3/c1-3-16-30-17-10-4-5-11-18-31(27(33)22-19-29(2)20-28-22)23-13-7-9-15-25(23)34-24-14-8-6-12-21(24)26(30)32/h6,8,12,14,19-20,23,25H,3-5,7,9-11,13,15-18H2,1-2H3/t23-,25+/m1/s1. The zero-order chi connectivity index (χ0) is 23.9. The van der Waals surface area contributed by atoms with Crippen LogP contribution in [0.5, 0.6) is 5.75 Å². The minimum atomic E-state index is -0.141. The molecule has 0 N–H and O–H groups in total. The van der Waals surface area contributed by atoms with Gasteiger partial charge in [0.2, 0.25) is 0 Å². The Morgan fingerprint density at radius 2 is 1.82 bits per heavy atom. The molecule has 2 aliphatic rings. The van der Waals surface area contributed by atoms with E-state index in [4.69, 9.17) is 4.74 Å². The summed E-state index contributed by atoms with van der Waals surface area (Å²) < 4.78 is 8.41. The van der Waals surface area contributed by atoms with Gasteiger partial charge in [-0.15, -0.1) is 0 Å². The molecule has 7 nitrogen and oxygen atoms in total. The summed E-state index contributed by atoms with van der Waals surface area (Å²) in [6.07, 6.45) is 12.2. The summed E-state index contributed by atoms with van der Waals surface area (Å²) in [6.45, 7) is 4.33. The third-order valence-corrected chi connectivity index (χ3v) is 7.01. The molecular weight excluding hydrogens is 428 g/mol. The van der Waals surface area contributed by atoms with E-state index in [1.165, 1.54) is 0 Å². The first-order valence-corrected chi connectivity index (χ1v) is 12.9.